The van der Waals surface area contributed by atoms with E-state index in [1.807, 2.05) is 41.3 Å². The molecule has 9 heteroatoms. The van der Waals surface area contributed by atoms with E-state index in [9.17, 15) is 5.11 Å². The van der Waals surface area contributed by atoms with Crippen LogP contribution in [0.4, 0.5) is 0 Å². The van der Waals surface area contributed by atoms with Gasteiger partial charge in [0.05, 0.1) is 34.1 Å². The molecule has 0 spiro atoms. The van der Waals surface area contributed by atoms with Crippen LogP contribution in [0.3, 0.4) is 0 Å². The number of aliphatic hydroxyl groups excluding tert-OH is 1. The summed E-state index contributed by atoms with van der Waals surface area (Å²) < 4.78 is 23.4. The summed E-state index contributed by atoms with van der Waals surface area (Å²) in [4.78, 5) is 2.30. The first kappa shape index (κ1) is 20.4. The number of methoxy groups -OCH3 is 3. The maximum atomic E-state index is 10.8. The van der Waals surface area contributed by atoms with E-state index in [1.165, 1.54) is 0 Å². The van der Waals surface area contributed by atoms with Gasteiger partial charge in [-0.2, -0.15) is 0 Å². The molecule has 0 saturated carbocycles. The quantitative estimate of drug-likeness (QED) is 0.597. The molecule has 0 fully saturated rings. The van der Waals surface area contributed by atoms with Gasteiger partial charge in [-0.05, 0) is 48.6 Å². The Morgan fingerprint density at radius 2 is 1.77 bits per heavy atom. The second-order valence-corrected chi connectivity index (χ2v) is 7.28. The molecular formula is C21H23N3O5S. The zero-order valence-electron chi connectivity index (χ0n) is 17.0. The molecule has 0 aliphatic carbocycles. The van der Waals surface area contributed by atoms with Crippen LogP contribution in [0, 0.1) is 4.84 Å². The molecule has 1 aliphatic heterocycles. The fraction of sp³-hybridized carbons (Fsp3) is 0.333. The van der Waals surface area contributed by atoms with Crippen LogP contribution in [0.1, 0.15) is 17.2 Å². The minimum atomic E-state index is -0.721. The summed E-state index contributed by atoms with van der Waals surface area (Å²) in [6.07, 6.45) is -0.721. The van der Waals surface area contributed by atoms with Gasteiger partial charge in [-0.15, -0.1) is 5.10 Å². The Balaban J connectivity index is 1.59. The van der Waals surface area contributed by atoms with Gasteiger partial charge in [-0.1, -0.05) is 0 Å². The van der Waals surface area contributed by atoms with Crippen LogP contribution in [0.15, 0.2) is 40.8 Å². The number of benzene rings is 2. The number of hydrogen-bond donors (Lipinski definition) is 1. The molecule has 2 aromatic carbocycles. The number of β-amino-alcohol motifs (C(OH)–C–C–N with tert-alkyl or cyclic N) is 1. The molecule has 1 aromatic heterocycles. The van der Waals surface area contributed by atoms with E-state index in [4.69, 9.17) is 30.8 Å². The molecule has 0 radical (unpaired) electrons. The lowest BCUT2D eigenvalue weighted by molar-refractivity contribution is 0.0665. The maximum absolute atomic E-state index is 10.8. The SMILES string of the molecule is COc1ccc(-c2nn(CN3Cc4c(OC)ccc(OC)c4[C@H](O)C3)c(=S)o2)cc1. The van der Waals surface area contributed by atoms with E-state index < -0.39 is 6.10 Å². The third-order valence-corrected chi connectivity index (χ3v) is 5.43. The maximum Gasteiger partial charge on any atom is 0.288 e. The highest BCUT2D eigenvalue weighted by molar-refractivity contribution is 7.71. The minimum Gasteiger partial charge on any atom is -0.497 e. The van der Waals surface area contributed by atoms with Crippen LogP contribution < -0.4 is 14.2 Å². The summed E-state index contributed by atoms with van der Waals surface area (Å²) in [5, 5.41) is 15.3. The molecule has 0 amide bonds. The van der Waals surface area contributed by atoms with Crippen LogP contribution >= 0.6 is 12.2 Å². The third kappa shape index (κ3) is 3.79. The van der Waals surface area contributed by atoms with Crippen molar-refractivity contribution in [3.05, 3.63) is 52.4 Å². The van der Waals surface area contributed by atoms with Gasteiger partial charge in [0.1, 0.15) is 17.2 Å². The van der Waals surface area contributed by atoms with E-state index in [0.717, 1.165) is 22.4 Å². The Morgan fingerprint density at radius 3 is 2.43 bits per heavy atom. The lowest BCUT2D eigenvalue weighted by Gasteiger charge is -2.33. The van der Waals surface area contributed by atoms with Gasteiger partial charge in [-0.25, -0.2) is 4.68 Å². The number of aliphatic hydroxyl groups is 1. The van der Waals surface area contributed by atoms with E-state index in [0.29, 0.717) is 37.1 Å². The lowest BCUT2D eigenvalue weighted by atomic mass is 9.95. The summed E-state index contributed by atoms with van der Waals surface area (Å²) in [6, 6.07) is 11.1. The summed E-state index contributed by atoms with van der Waals surface area (Å²) in [5.74, 6) is 2.54. The van der Waals surface area contributed by atoms with Gasteiger partial charge >= 0.3 is 0 Å². The van der Waals surface area contributed by atoms with Gasteiger partial charge in [0.2, 0.25) is 5.89 Å². The normalized spacial score (nSPS) is 16.2. The van der Waals surface area contributed by atoms with E-state index in [1.54, 1.807) is 26.0 Å². The van der Waals surface area contributed by atoms with E-state index in [2.05, 4.69) is 5.10 Å². The number of hydrogen-bond acceptors (Lipinski definition) is 8. The molecule has 0 bridgehead atoms. The Labute approximate surface area is 179 Å². The number of nitrogens with zero attached hydrogens (tertiary/aromatic N) is 3. The number of ether oxygens (including phenoxy) is 3. The van der Waals surface area contributed by atoms with Crippen molar-refractivity contribution in [1.29, 1.82) is 0 Å². The van der Waals surface area contributed by atoms with Crippen molar-refractivity contribution in [2.24, 2.45) is 0 Å². The highest BCUT2D eigenvalue weighted by atomic mass is 32.1. The molecule has 1 N–H and O–H groups in total. The van der Waals surface area contributed by atoms with Crippen molar-refractivity contribution in [3.8, 4) is 28.7 Å². The predicted octanol–water partition coefficient (Wildman–Crippen LogP) is 3.41. The number of fused-ring (bicyclic) bond motifs is 1. The van der Waals surface area contributed by atoms with Gasteiger partial charge in [0, 0.05) is 29.8 Å². The monoisotopic (exact) mass is 429 g/mol. The molecule has 4 rings (SSSR count). The van der Waals surface area contributed by atoms with Crippen LogP contribution in [-0.2, 0) is 13.2 Å². The summed E-state index contributed by atoms with van der Waals surface area (Å²) in [6.45, 7) is 1.33. The second-order valence-electron chi connectivity index (χ2n) is 6.93. The first-order valence-corrected chi connectivity index (χ1v) is 9.81. The second kappa shape index (κ2) is 8.47. The first-order chi connectivity index (χ1) is 14.5. The van der Waals surface area contributed by atoms with Crippen molar-refractivity contribution >= 4 is 12.2 Å². The minimum absolute atomic E-state index is 0.263. The van der Waals surface area contributed by atoms with E-state index >= 15 is 0 Å². The number of aromatic nitrogens is 2. The van der Waals surface area contributed by atoms with Crippen LogP contribution in [-0.4, -0.2) is 47.7 Å². The molecule has 158 valence electrons. The third-order valence-electron chi connectivity index (χ3n) is 5.14. The fourth-order valence-electron chi connectivity index (χ4n) is 3.69. The first-order valence-electron chi connectivity index (χ1n) is 9.40. The van der Waals surface area contributed by atoms with Crippen molar-refractivity contribution in [3.63, 3.8) is 0 Å². The summed E-state index contributed by atoms with van der Waals surface area (Å²) in [7, 11) is 4.82. The largest absolute Gasteiger partial charge is 0.497 e. The van der Waals surface area contributed by atoms with Gasteiger partial charge < -0.3 is 23.7 Å². The van der Waals surface area contributed by atoms with Gasteiger partial charge in [-0.3, -0.25) is 4.90 Å². The molecular weight excluding hydrogens is 406 g/mol. The van der Waals surface area contributed by atoms with Crippen LogP contribution in [0.25, 0.3) is 11.5 Å². The Kier molecular flexibility index (Phi) is 5.76. The Hall–Kier alpha value is -2.88. The van der Waals surface area contributed by atoms with Crippen molar-refractivity contribution in [2.75, 3.05) is 27.9 Å². The molecule has 30 heavy (non-hydrogen) atoms. The summed E-state index contributed by atoms with van der Waals surface area (Å²) >= 11 is 5.36. The van der Waals surface area contributed by atoms with Crippen molar-refractivity contribution in [1.82, 2.24) is 14.7 Å². The number of rotatable bonds is 6. The molecule has 1 atom stereocenters. The molecule has 8 nitrogen and oxygen atoms in total. The van der Waals surface area contributed by atoms with Gasteiger partial charge in [0.25, 0.3) is 4.84 Å². The summed E-state index contributed by atoms with van der Waals surface area (Å²) in [5.41, 5.74) is 2.45. The zero-order valence-corrected chi connectivity index (χ0v) is 17.8. The Morgan fingerprint density at radius 1 is 1.07 bits per heavy atom. The highest BCUT2D eigenvalue weighted by Gasteiger charge is 2.30. The molecule has 0 saturated heterocycles. The smallest absolute Gasteiger partial charge is 0.288 e. The van der Waals surface area contributed by atoms with Crippen molar-refractivity contribution < 1.29 is 23.7 Å². The zero-order chi connectivity index (χ0) is 21.3. The fourth-order valence-corrected chi connectivity index (χ4v) is 3.87. The van der Waals surface area contributed by atoms with Crippen LogP contribution in [0.5, 0.6) is 17.2 Å². The lowest BCUT2D eigenvalue weighted by Crippen LogP contribution is -2.35. The molecule has 1 aliphatic rings. The highest BCUT2D eigenvalue weighted by Crippen LogP contribution is 2.39. The Bertz CT molecular complexity index is 1090. The molecule has 3 aromatic rings. The standard InChI is InChI=1S/C21H23N3O5S/c1-26-14-6-4-13(5-7-14)20-22-24(21(30)29-20)12-23-10-15-17(27-2)8-9-18(28-3)19(15)16(25)11-23/h4-9,16,25H,10-12H2,1-3H3/t16-/m1/s1. The molecule has 2 heterocycles. The van der Waals surface area contributed by atoms with E-state index in [-0.39, 0.29) is 4.84 Å². The predicted molar refractivity (Wildman–Crippen MR) is 112 cm³/mol. The topological polar surface area (TPSA) is 82.1 Å². The van der Waals surface area contributed by atoms with Gasteiger partial charge in [0.15, 0.2) is 0 Å². The van der Waals surface area contributed by atoms with Crippen LogP contribution in [0.2, 0.25) is 0 Å². The van der Waals surface area contributed by atoms with Crippen molar-refractivity contribution in [2.45, 2.75) is 19.3 Å². The average molecular weight is 429 g/mol. The average Bonchev–Trinajstić information content (AvgIpc) is 3.13. The molecule has 0 unspecified atom stereocenters.